The lowest BCUT2D eigenvalue weighted by Crippen LogP contribution is -2.37. The molecule has 5 nitrogen and oxygen atoms in total. The average Bonchev–Trinajstić information content (AvgIpc) is 3.29. The van der Waals surface area contributed by atoms with Crippen molar-refractivity contribution in [1.82, 2.24) is 19.8 Å². The number of hydrogen-bond acceptors (Lipinski definition) is 3. The first-order valence-electron chi connectivity index (χ1n) is 11.8. The smallest absolute Gasteiger partial charge is 0.227 e. The molecule has 0 radical (unpaired) electrons. The third-order valence-corrected chi connectivity index (χ3v) is 6.74. The van der Waals surface area contributed by atoms with Crippen molar-refractivity contribution >= 4 is 16.8 Å². The summed E-state index contributed by atoms with van der Waals surface area (Å²) in [6, 6.07) is 21.0. The van der Waals surface area contributed by atoms with Gasteiger partial charge in [-0.2, -0.15) is 0 Å². The SMILES string of the molecule is CCN1CCN(Cc2cccc3[nH]ccc23)C[C@H](Cc2ccccc2-c2cccnc2)C1=O. The molecule has 3 heterocycles. The van der Waals surface area contributed by atoms with Gasteiger partial charge in [-0.15, -0.1) is 0 Å². The maximum absolute atomic E-state index is 13.5. The van der Waals surface area contributed by atoms with Crippen molar-refractivity contribution in [2.24, 2.45) is 5.92 Å². The zero-order valence-electron chi connectivity index (χ0n) is 19.1. The van der Waals surface area contributed by atoms with Gasteiger partial charge in [0.2, 0.25) is 5.91 Å². The Kier molecular flexibility index (Phi) is 6.22. The van der Waals surface area contributed by atoms with Crippen LogP contribution in [0.3, 0.4) is 0 Å². The third kappa shape index (κ3) is 4.55. The van der Waals surface area contributed by atoms with E-state index in [1.807, 2.05) is 23.4 Å². The monoisotopic (exact) mass is 438 g/mol. The Labute approximate surface area is 195 Å². The van der Waals surface area contributed by atoms with Crippen LogP contribution < -0.4 is 0 Å². The van der Waals surface area contributed by atoms with Crippen LogP contribution in [0.1, 0.15) is 18.1 Å². The number of nitrogens with zero attached hydrogens (tertiary/aromatic N) is 3. The van der Waals surface area contributed by atoms with Crippen molar-refractivity contribution in [3.8, 4) is 11.1 Å². The second-order valence-corrected chi connectivity index (χ2v) is 8.81. The highest BCUT2D eigenvalue weighted by Crippen LogP contribution is 2.27. The molecule has 2 aromatic heterocycles. The molecule has 0 saturated carbocycles. The summed E-state index contributed by atoms with van der Waals surface area (Å²) in [5, 5.41) is 1.26. The molecular formula is C28H30N4O. The summed E-state index contributed by atoms with van der Waals surface area (Å²) in [6.45, 7) is 6.11. The lowest BCUT2D eigenvalue weighted by molar-refractivity contribution is -0.134. The molecule has 1 aliphatic heterocycles. The molecule has 0 bridgehead atoms. The number of benzene rings is 2. The van der Waals surface area contributed by atoms with Gasteiger partial charge in [-0.25, -0.2) is 0 Å². The van der Waals surface area contributed by atoms with E-state index in [0.717, 1.165) is 55.8 Å². The van der Waals surface area contributed by atoms with Crippen LogP contribution in [0.4, 0.5) is 0 Å². The Morgan fingerprint density at radius 2 is 1.88 bits per heavy atom. The van der Waals surface area contributed by atoms with Gasteiger partial charge in [0, 0.05) is 67.8 Å². The minimum atomic E-state index is -0.0734. The highest BCUT2D eigenvalue weighted by Gasteiger charge is 2.30. The zero-order valence-corrected chi connectivity index (χ0v) is 19.1. The highest BCUT2D eigenvalue weighted by molar-refractivity contribution is 5.83. The molecule has 4 aromatic rings. The van der Waals surface area contributed by atoms with Crippen molar-refractivity contribution in [2.75, 3.05) is 26.2 Å². The number of aromatic nitrogens is 2. The summed E-state index contributed by atoms with van der Waals surface area (Å²) in [6.07, 6.45) is 6.42. The first-order valence-corrected chi connectivity index (χ1v) is 11.8. The second kappa shape index (κ2) is 9.59. The molecule has 2 aromatic carbocycles. The van der Waals surface area contributed by atoms with Crippen molar-refractivity contribution in [2.45, 2.75) is 19.9 Å². The van der Waals surface area contributed by atoms with Crippen LogP contribution >= 0.6 is 0 Å². The number of rotatable bonds is 6. The van der Waals surface area contributed by atoms with Crippen LogP contribution in [0, 0.1) is 5.92 Å². The summed E-state index contributed by atoms with van der Waals surface area (Å²) in [5.74, 6) is 0.191. The lowest BCUT2D eigenvalue weighted by atomic mass is 9.91. The van der Waals surface area contributed by atoms with E-state index in [9.17, 15) is 4.79 Å². The molecular weight excluding hydrogens is 408 g/mol. The number of nitrogens with one attached hydrogen (secondary N) is 1. The molecule has 168 valence electrons. The molecule has 1 N–H and O–H groups in total. The van der Waals surface area contributed by atoms with E-state index in [2.05, 4.69) is 76.4 Å². The number of hydrogen-bond donors (Lipinski definition) is 1. The predicted octanol–water partition coefficient (Wildman–Crippen LogP) is 4.75. The van der Waals surface area contributed by atoms with E-state index in [1.165, 1.54) is 16.5 Å². The number of carbonyl (C=O) groups is 1. The molecule has 1 amide bonds. The molecule has 33 heavy (non-hydrogen) atoms. The highest BCUT2D eigenvalue weighted by atomic mass is 16.2. The van der Waals surface area contributed by atoms with Gasteiger partial charge >= 0.3 is 0 Å². The van der Waals surface area contributed by atoms with E-state index in [4.69, 9.17) is 0 Å². The lowest BCUT2D eigenvalue weighted by Gasteiger charge is -2.24. The van der Waals surface area contributed by atoms with Gasteiger partial charge in [0.15, 0.2) is 0 Å². The Hall–Kier alpha value is -3.44. The van der Waals surface area contributed by atoms with Crippen LogP contribution in [0.25, 0.3) is 22.0 Å². The minimum Gasteiger partial charge on any atom is -0.361 e. The number of aromatic amines is 1. The zero-order chi connectivity index (χ0) is 22.6. The van der Waals surface area contributed by atoms with Crippen molar-refractivity contribution in [3.05, 3.63) is 90.4 Å². The van der Waals surface area contributed by atoms with Crippen LogP contribution in [-0.2, 0) is 17.8 Å². The Bertz CT molecular complexity index is 1230. The summed E-state index contributed by atoms with van der Waals surface area (Å²) >= 11 is 0. The molecule has 1 aliphatic rings. The molecule has 5 rings (SSSR count). The molecule has 0 aliphatic carbocycles. The minimum absolute atomic E-state index is 0.0734. The molecule has 0 unspecified atom stereocenters. The average molecular weight is 439 g/mol. The largest absolute Gasteiger partial charge is 0.361 e. The van der Waals surface area contributed by atoms with Gasteiger partial charge in [0.25, 0.3) is 0 Å². The molecule has 0 spiro atoms. The number of likely N-dealkylation sites (N-methyl/N-ethyl adjacent to an activating group) is 1. The number of fused-ring (bicyclic) bond motifs is 1. The van der Waals surface area contributed by atoms with Crippen LogP contribution in [0.15, 0.2) is 79.3 Å². The number of amides is 1. The Morgan fingerprint density at radius 3 is 2.73 bits per heavy atom. The number of pyridine rings is 1. The summed E-state index contributed by atoms with van der Waals surface area (Å²) in [7, 11) is 0. The standard InChI is InChI=1S/C28H30N4O/c1-2-32-16-15-31(19-23-8-5-11-27-26(23)12-14-30-27)20-24(28(32)33)17-21-7-3-4-10-25(21)22-9-6-13-29-18-22/h3-14,18,24,30H,2,15-17,19-20H2,1H3/t24-/m0/s1. The van der Waals surface area contributed by atoms with E-state index < -0.39 is 0 Å². The van der Waals surface area contributed by atoms with Crippen molar-refractivity contribution in [1.29, 1.82) is 0 Å². The van der Waals surface area contributed by atoms with Crippen LogP contribution in [-0.4, -0.2) is 51.9 Å². The third-order valence-electron chi connectivity index (χ3n) is 6.74. The van der Waals surface area contributed by atoms with Crippen molar-refractivity contribution < 1.29 is 4.79 Å². The van der Waals surface area contributed by atoms with E-state index in [0.29, 0.717) is 0 Å². The maximum Gasteiger partial charge on any atom is 0.227 e. The summed E-state index contributed by atoms with van der Waals surface area (Å²) in [5.41, 5.74) is 5.93. The predicted molar refractivity (Wildman–Crippen MR) is 133 cm³/mol. The fourth-order valence-corrected chi connectivity index (χ4v) is 5.02. The molecule has 1 fully saturated rings. The molecule has 5 heteroatoms. The van der Waals surface area contributed by atoms with Gasteiger partial charge in [0.05, 0.1) is 5.92 Å². The number of H-pyrrole nitrogens is 1. The quantitative estimate of drug-likeness (QED) is 0.473. The Morgan fingerprint density at radius 1 is 1.00 bits per heavy atom. The van der Waals surface area contributed by atoms with E-state index >= 15 is 0 Å². The van der Waals surface area contributed by atoms with Crippen LogP contribution in [0.5, 0.6) is 0 Å². The normalized spacial score (nSPS) is 17.4. The summed E-state index contributed by atoms with van der Waals surface area (Å²) in [4.78, 5) is 25.6. The van der Waals surface area contributed by atoms with E-state index in [-0.39, 0.29) is 11.8 Å². The van der Waals surface area contributed by atoms with E-state index in [1.54, 1.807) is 6.20 Å². The van der Waals surface area contributed by atoms with Gasteiger partial charge < -0.3 is 9.88 Å². The fourth-order valence-electron chi connectivity index (χ4n) is 5.02. The topological polar surface area (TPSA) is 52.2 Å². The summed E-state index contributed by atoms with van der Waals surface area (Å²) < 4.78 is 0. The number of carbonyl (C=O) groups excluding carboxylic acids is 1. The first kappa shape index (κ1) is 21.4. The van der Waals surface area contributed by atoms with Gasteiger partial charge in [0.1, 0.15) is 0 Å². The van der Waals surface area contributed by atoms with Gasteiger partial charge in [-0.1, -0.05) is 42.5 Å². The Balaban J connectivity index is 1.42. The second-order valence-electron chi connectivity index (χ2n) is 8.81. The van der Waals surface area contributed by atoms with Crippen LogP contribution in [0.2, 0.25) is 0 Å². The fraction of sp³-hybridized carbons (Fsp3) is 0.286. The van der Waals surface area contributed by atoms with Gasteiger partial charge in [-0.3, -0.25) is 14.7 Å². The molecule has 1 atom stereocenters. The maximum atomic E-state index is 13.5. The van der Waals surface area contributed by atoms with Gasteiger partial charge in [-0.05, 0) is 48.2 Å². The molecule has 1 saturated heterocycles. The first-order chi connectivity index (χ1) is 16.2. The van der Waals surface area contributed by atoms with Crippen molar-refractivity contribution in [3.63, 3.8) is 0 Å².